The van der Waals surface area contributed by atoms with Gasteiger partial charge in [0.15, 0.2) is 5.11 Å². The zero-order valence-corrected chi connectivity index (χ0v) is 23.6. The largest absolute Gasteiger partial charge is 0.497 e. The van der Waals surface area contributed by atoms with Crippen LogP contribution in [0.3, 0.4) is 0 Å². The first-order valence-corrected chi connectivity index (χ1v) is 12.9. The van der Waals surface area contributed by atoms with Gasteiger partial charge in [0, 0.05) is 23.7 Å². The molecule has 11 heteroatoms. The molecule has 3 heterocycles. The van der Waals surface area contributed by atoms with Crippen LogP contribution in [0.4, 0.5) is 11.4 Å². The Morgan fingerprint density at radius 1 is 0.950 bits per heavy atom. The number of aryl methyl sites for hydroxylation is 1. The third kappa shape index (κ3) is 4.58. The maximum atomic E-state index is 12.1. The summed E-state index contributed by atoms with van der Waals surface area (Å²) < 4.78 is 18.4. The van der Waals surface area contributed by atoms with Crippen molar-refractivity contribution in [2.75, 3.05) is 26.2 Å². The second kappa shape index (κ2) is 10.9. The zero-order chi connectivity index (χ0) is 28.6. The monoisotopic (exact) mass is 559 g/mol. The molecule has 1 aliphatic heterocycles. The number of nitrogens with zero attached hydrogens (tertiary/aromatic N) is 4. The number of anilines is 1. The number of nitrogens with one attached hydrogen (secondary N) is 1. The molecule has 0 spiro atoms. The fourth-order valence-electron chi connectivity index (χ4n) is 5.34. The van der Waals surface area contributed by atoms with E-state index in [1.54, 1.807) is 32.5 Å². The van der Waals surface area contributed by atoms with Gasteiger partial charge in [-0.15, -0.1) is 0 Å². The molecule has 5 rings (SSSR count). The van der Waals surface area contributed by atoms with Crippen LogP contribution in [-0.4, -0.2) is 40.9 Å². The van der Waals surface area contributed by atoms with Crippen molar-refractivity contribution in [1.29, 1.82) is 0 Å². The van der Waals surface area contributed by atoms with Crippen molar-refractivity contribution in [2.45, 2.75) is 25.9 Å². The van der Waals surface area contributed by atoms with Gasteiger partial charge in [-0.2, -0.15) is 0 Å². The molecular weight excluding hydrogens is 530 g/mol. The number of nitro groups is 1. The van der Waals surface area contributed by atoms with Crippen molar-refractivity contribution in [3.63, 3.8) is 0 Å². The number of rotatable bonds is 8. The molecule has 1 aliphatic rings. The Morgan fingerprint density at radius 3 is 2.33 bits per heavy atom. The van der Waals surface area contributed by atoms with Gasteiger partial charge in [0.2, 0.25) is 0 Å². The maximum Gasteiger partial charge on any atom is 0.296 e. The fraction of sp³-hybridized carbons (Fsp3) is 0.241. The zero-order valence-electron chi connectivity index (χ0n) is 22.7. The highest BCUT2D eigenvalue weighted by Gasteiger charge is 2.43. The second-order valence-electron chi connectivity index (χ2n) is 9.31. The predicted molar refractivity (Wildman–Crippen MR) is 156 cm³/mol. The number of hydrogen-bond donors (Lipinski definition) is 1. The van der Waals surface area contributed by atoms with Crippen LogP contribution in [0.25, 0.3) is 5.69 Å². The lowest BCUT2D eigenvalue weighted by molar-refractivity contribution is -0.384. The van der Waals surface area contributed by atoms with Crippen LogP contribution in [-0.2, 0) is 0 Å². The molecule has 2 aromatic carbocycles. The van der Waals surface area contributed by atoms with Gasteiger partial charge in [-0.1, -0.05) is 6.07 Å². The van der Waals surface area contributed by atoms with Gasteiger partial charge >= 0.3 is 0 Å². The van der Waals surface area contributed by atoms with E-state index < -0.39 is 4.92 Å². The van der Waals surface area contributed by atoms with Crippen molar-refractivity contribution >= 4 is 28.7 Å². The van der Waals surface area contributed by atoms with Crippen molar-refractivity contribution in [3.8, 4) is 22.9 Å². The molecular formula is C29H29N5O5S. The van der Waals surface area contributed by atoms with Gasteiger partial charge in [-0.05, 0) is 74.1 Å². The first-order chi connectivity index (χ1) is 19.3. The SMILES string of the molecule is COc1ccc(OC)c(N2C(=S)NC(c3ccccn3)C2c2cc(C)n(-c3ccc(OC)cc3[N+](=O)[O-])c2C)c1. The van der Waals surface area contributed by atoms with E-state index in [2.05, 4.69) is 10.3 Å². The molecule has 4 aromatic rings. The Bertz CT molecular complexity index is 1590. The average molecular weight is 560 g/mol. The summed E-state index contributed by atoms with van der Waals surface area (Å²) in [5.74, 6) is 1.68. The molecule has 0 bridgehead atoms. The highest BCUT2D eigenvalue weighted by Crippen LogP contribution is 2.47. The first-order valence-electron chi connectivity index (χ1n) is 12.5. The second-order valence-corrected chi connectivity index (χ2v) is 9.69. The van der Waals surface area contributed by atoms with Gasteiger partial charge in [0.25, 0.3) is 5.69 Å². The molecule has 2 atom stereocenters. The molecule has 0 radical (unpaired) electrons. The van der Waals surface area contributed by atoms with Crippen LogP contribution >= 0.6 is 12.2 Å². The summed E-state index contributed by atoms with van der Waals surface area (Å²) in [6.07, 6.45) is 1.75. The number of ether oxygens (including phenoxy) is 3. The number of thiocarbonyl (C=S) groups is 1. The summed E-state index contributed by atoms with van der Waals surface area (Å²) in [5.41, 5.74) is 4.50. The van der Waals surface area contributed by atoms with E-state index in [0.717, 1.165) is 28.3 Å². The summed E-state index contributed by atoms with van der Waals surface area (Å²) in [7, 11) is 4.70. The minimum atomic E-state index is -0.396. The summed E-state index contributed by atoms with van der Waals surface area (Å²) >= 11 is 5.90. The molecule has 2 aromatic heterocycles. The molecule has 0 saturated carbocycles. The lowest BCUT2D eigenvalue weighted by Gasteiger charge is -2.29. The van der Waals surface area contributed by atoms with Gasteiger partial charge in [0.1, 0.15) is 22.9 Å². The molecule has 206 valence electrons. The lowest BCUT2D eigenvalue weighted by Crippen LogP contribution is -2.30. The van der Waals surface area contributed by atoms with E-state index in [4.69, 9.17) is 26.4 Å². The summed E-state index contributed by atoms with van der Waals surface area (Å²) in [5, 5.41) is 16.0. The smallest absolute Gasteiger partial charge is 0.296 e. The van der Waals surface area contributed by atoms with Crippen LogP contribution in [0.15, 0.2) is 66.9 Å². The Labute approximate surface area is 237 Å². The fourth-order valence-corrected chi connectivity index (χ4v) is 5.68. The molecule has 2 unspecified atom stereocenters. The highest BCUT2D eigenvalue weighted by molar-refractivity contribution is 7.80. The number of pyridine rings is 1. The Hall–Kier alpha value is -4.64. The van der Waals surface area contributed by atoms with E-state index >= 15 is 0 Å². The van der Waals surface area contributed by atoms with Gasteiger partial charge in [-0.25, -0.2) is 0 Å². The number of methoxy groups -OCH3 is 3. The van der Waals surface area contributed by atoms with Crippen molar-refractivity contribution in [2.24, 2.45) is 0 Å². The Balaban J connectivity index is 1.73. The van der Waals surface area contributed by atoms with Crippen molar-refractivity contribution in [1.82, 2.24) is 14.9 Å². The highest BCUT2D eigenvalue weighted by atomic mass is 32.1. The van der Waals surface area contributed by atoms with Crippen LogP contribution in [0.5, 0.6) is 17.2 Å². The van der Waals surface area contributed by atoms with E-state index in [-0.39, 0.29) is 17.8 Å². The minimum absolute atomic E-state index is 0.0552. The minimum Gasteiger partial charge on any atom is -0.497 e. The third-order valence-corrected chi connectivity index (χ3v) is 7.47. The summed E-state index contributed by atoms with van der Waals surface area (Å²) in [6, 6.07) is 17.5. The van der Waals surface area contributed by atoms with E-state index in [1.165, 1.54) is 13.2 Å². The molecule has 1 fully saturated rings. The molecule has 0 amide bonds. The van der Waals surface area contributed by atoms with Gasteiger partial charge in [0.05, 0.1) is 55.8 Å². The van der Waals surface area contributed by atoms with E-state index in [9.17, 15) is 10.1 Å². The molecule has 10 nitrogen and oxygen atoms in total. The standard InChI is InChI=1S/C29H29N5O5S/c1-17-14-21(18(2)32(17)23-11-9-19(37-3)15-24(23)34(35)36)28-27(22-8-6-7-13-30-22)31-29(40)33(28)25-16-20(38-4)10-12-26(25)39-5/h6-16,27-28H,1-5H3,(H,31,40). The van der Waals surface area contributed by atoms with Crippen LogP contribution in [0.2, 0.25) is 0 Å². The quantitative estimate of drug-likeness (QED) is 0.168. The normalized spacial score (nSPS) is 16.5. The summed E-state index contributed by atoms with van der Waals surface area (Å²) in [4.78, 5) is 18.3. The number of nitro benzene ring substituents is 1. The lowest BCUT2D eigenvalue weighted by atomic mass is 9.96. The third-order valence-electron chi connectivity index (χ3n) is 7.15. The van der Waals surface area contributed by atoms with E-state index in [1.807, 2.05) is 65.8 Å². The molecule has 1 saturated heterocycles. The van der Waals surface area contributed by atoms with Crippen LogP contribution < -0.4 is 24.4 Å². The number of aromatic nitrogens is 2. The van der Waals surface area contributed by atoms with Crippen LogP contribution in [0, 0.1) is 24.0 Å². The van der Waals surface area contributed by atoms with E-state index in [0.29, 0.717) is 28.0 Å². The van der Waals surface area contributed by atoms with Crippen LogP contribution in [0.1, 0.15) is 34.7 Å². The Kier molecular flexibility index (Phi) is 7.31. The first kappa shape index (κ1) is 26.9. The predicted octanol–water partition coefficient (Wildman–Crippen LogP) is 5.60. The van der Waals surface area contributed by atoms with Crippen molar-refractivity contribution < 1.29 is 19.1 Å². The molecule has 40 heavy (non-hydrogen) atoms. The maximum absolute atomic E-state index is 12.1. The number of hydrogen-bond acceptors (Lipinski definition) is 7. The Morgan fingerprint density at radius 2 is 1.68 bits per heavy atom. The molecule has 0 aliphatic carbocycles. The summed E-state index contributed by atoms with van der Waals surface area (Å²) in [6.45, 7) is 3.88. The van der Waals surface area contributed by atoms with Gasteiger partial charge in [-0.3, -0.25) is 15.1 Å². The molecule has 1 N–H and O–H groups in total. The topological polar surface area (TPSA) is 104 Å². The van der Waals surface area contributed by atoms with Gasteiger partial charge < -0.3 is 29.0 Å². The van der Waals surface area contributed by atoms with Crippen molar-refractivity contribution in [3.05, 3.63) is 99.6 Å². The average Bonchev–Trinajstić information content (AvgIpc) is 3.47. The number of benzene rings is 2.